The van der Waals surface area contributed by atoms with Gasteiger partial charge in [-0.3, -0.25) is 5.10 Å². The fourth-order valence-electron chi connectivity index (χ4n) is 4.57. The van der Waals surface area contributed by atoms with Crippen molar-refractivity contribution in [1.82, 2.24) is 10.2 Å². The molecule has 1 aromatic heterocycles. The fourth-order valence-corrected chi connectivity index (χ4v) is 4.57. The van der Waals surface area contributed by atoms with Crippen molar-refractivity contribution in [2.45, 2.75) is 26.2 Å². The van der Waals surface area contributed by atoms with Crippen LogP contribution in [0.15, 0.2) is 78.4 Å². The minimum atomic E-state index is -0.934. The number of rotatable bonds is 6. The summed E-state index contributed by atoms with van der Waals surface area (Å²) in [7, 11) is 0. The topological polar surface area (TPSA) is 66.0 Å². The molecule has 34 heavy (non-hydrogen) atoms. The Morgan fingerprint density at radius 1 is 1.00 bits per heavy atom. The molecule has 0 saturated heterocycles. The second kappa shape index (κ2) is 9.10. The van der Waals surface area contributed by atoms with Crippen LogP contribution in [-0.4, -0.2) is 21.3 Å². The van der Waals surface area contributed by atoms with E-state index in [4.69, 9.17) is 0 Å². The van der Waals surface area contributed by atoms with Crippen LogP contribution in [0.3, 0.4) is 0 Å². The Hall–Kier alpha value is -3.99. The van der Waals surface area contributed by atoms with Crippen LogP contribution in [0.1, 0.15) is 48.4 Å². The summed E-state index contributed by atoms with van der Waals surface area (Å²) in [6.07, 6.45) is 5.09. The Morgan fingerprint density at radius 3 is 2.35 bits per heavy atom. The maximum absolute atomic E-state index is 14.4. The number of nitrogens with zero attached hydrogens (tertiary/aromatic N) is 1. The van der Waals surface area contributed by atoms with Gasteiger partial charge in [0.2, 0.25) is 5.95 Å². The number of halogens is 1. The van der Waals surface area contributed by atoms with Crippen molar-refractivity contribution in [2.24, 2.45) is 5.92 Å². The summed E-state index contributed by atoms with van der Waals surface area (Å²) >= 11 is 0. The van der Waals surface area contributed by atoms with Crippen LogP contribution in [0, 0.1) is 11.9 Å². The number of carbonyl (C=O) groups is 1. The van der Waals surface area contributed by atoms with E-state index in [2.05, 4.69) is 22.3 Å². The minimum Gasteiger partial charge on any atom is -0.478 e. The summed E-state index contributed by atoms with van der Waals surface area (Å²) < 4.78 is 14.4. The Balaban J connectivity index is 1.73. The Bertz CT molecular complexity index is 1410. The summed E-state index contributed by atoms with van der Waals surface area (Å²) in [6.45, 7) is 1.58. The second-order valence-electron chi connectivity index (χ2n) is 8.81. The number of hydrogen-bond donors (Lipinski definition) is 2. The highest BCUT2D eigenvalue weighted by Crippen LogP contribution is 2.45. The predicted molar refractivity (Wildman–Crippen MR) is 133 cm³/mol. The normalized spacial score (nSPS) is 15.2. The van der Waals surface area contributed by atoms with Crippen LogP contribution in [0.25, 0.3) is 28.1 Å². The molecule has 0 radical (unpaired) electrons. The fraction of sp³-hybridized carbons (Fsp3) is 0.172. The first-order chi connectivity index (χ1) is 16.5. The van der Waals surface area contributed by atoms with Crippen LogP contribution in [0.4, 0.5) is 4.39 Å². The second-order valence-corrected chi connectivity index (χ2v) is 8.81. The van der Waals surface area contributed by atoms with E-state index < -0.39 is 11.9 Å². The zero-order valence-corrected chi connectivity index (χ0v) is 18.9. The number of carboxylic acids is 1. The third-order valence-corrected chi connectivity index (χ3v) is 6.58. The summed E-state index contributed by atoms with van der Waals surface area (Å²) in [5.74, 6) is -0.946. The van der Waals surface area contributed by atoms with Crippen molar-refractivity contribution >= 4 is 34.1 Å². The third-order valence-electron chi connectivity index (χ3n) is 6.58. The molecule has 4 nitrogen and oxygen atoms in total. The Labute approximate surface area is 197 Å². The van der Waals surface area contributed by atoms with Gasteiger partial charge in [0.15, 0.2) is 0 Å². The highest BCUT2D eigenvalue weighted by Gasteiger charge is 2.27. The molecule has 0 spiro atoms. The van der Waals surface area contributed by atoms with Crippen molar-refractivity contribution in [3.05, 3.63) is 107 Å². The van der Waals surface area contributed by atoms with E-state index >= 15 is 0 Å². The Morgan fingerprint density at radius 2 is 1.71 bits per heavy atom. The van der Waals surface area contributed by atoms with Crippen LogP contribution < -0.4 is 0 Å². The van der Waals surface area contributed by atoms with Crippen molar-refractivity contribution < 1.29 is 14.3 Å². The molecule has 0 unspecified atom stereocenters. The monoisotopic (exact) mass is 452 g/mol. The smallest absolute Gasteiger partial charge is 0.331 e. The van der Waals surface area contributed by atoms with E-state index in [9.17, 15) is 14.3 Å². The number of benzene rings is 3. The number of carboxylic acid groups (broad SMARTS) is 1. The molecule has 1 saturated carbocycles. The number of nitrogens with one attached hydrogen (secondary N) is 1. The van der Waals surface area contributed by atoms with Crippen LogP contribution in [0.5, 0.6) is 0 Å². The van der Waals surface area contributed by atoms with Crippen molar-refractivity contribution in [3.8, 4) is 0 Å². The predicted octanol–water partition coefficient (Wildman–Crippen LogP) is 6.95. The van der Waals surface area contributed by atoms with Gasteiger partial charge >= 0.3 is 5.97 Å². The number of aliphatic carboxylic acids is 1. The summed E-state index contributed by atoms with van der Waals surface area (Å²) in [5.41, 5.74) is 7.15. The molecule has 5 heteroatoms. The highest BCUT2D eigenvalue weighted by molar-refractivity contribution is 6.01. The van der Waals surface area contributed by atoms with Gasteiger partial charge in [-0.25, -0.2) is 4.79 Å². The summed E-state index contributed by atoms with van der Waals surface area (Å²) in [5, 5.41) is 16.1. The van der Waals surface area contributed by atoms with Crippen LogP contribution in [-0.2, 0) is 4.79 Å². The first kappa shape index (κ1) is 21.8. The number of fused-ring (bicyclic) bond motifs is 1. The molecule has 0 amide bonds. The lowest BCUT2D eigenvalue weighted by Gasteiger charge is -2.31. The van der Waals surface area contributed by atoms with Gasteiger partial charge in [-0.2, -0.15) is 9.49 Å². The molecular weight excluding hydrogens is 427 g/mol. The van der Waals surface area contributed by atoms with Gasteiger partial charge in [0, 0.05) is 5.57 Å². The molecular formula is C29H25FN2O2. The van der Waals surface area contributed by atoms with E-state index in [1.165, 1.54) is 17.6 Å². The SMILES string of the molecule is CC(=Cc1ccc(C(=C(c2ccccc2)C2CCC2)c2ccc3n[nH]c(F)c3c2)cc1)C(=O)O. The van der Waals surface area contributed by atoms with E-state index in [1.807, 2.05) is 60.7 Å². The zero-order chi connectivity index (χ0) is 23.7. The average molecular weight is 453 g/mol. The lowest BCUT2D eigenvalue weighted by atomic mass is 9.73. The number of aromatic nitrogens is 2. The van der Waals surface area contributed by atoms with E-state index in [-0.39, 0.29) is 5.57 Å². The molecule has 1 aliphatic rings. The van der Waals surface area contributed by atoms with Crippen LogP contribution in [0.2, 0.25) is 0 Å². The lowest BCUT2D eigenvalue weighted by Crippen LogP contribution is -2.15. The standard InChI is InChI=1S/C29H25FN2O2/c1-18(29(33)34)16-19-10-12-22(13-11-19)27(23-14-15-25-24(17-23)28(30)32-31-25)26(21-8-5-9-21)20-6-3-2-4-7-20/h2-4,6-7,10-17,21H,5,8-9H2,1H3,(H,31,32)(H,33,34). The van der Waals surface area contributed by atoms with E-state index in [1.54, 1.807) is 13.0 Å². The van der Waals surface area contributed by atoms with Crippen molar-refractivity contribution in [1.29, 1.82) is 0 Å². The molecule has 1 aliphatic carbocycles. The molecule has 1 heterocycles. The van der Waals surface area contributed by atoms with Crippen molar-refractivity contribution in [2.75, 3.05) is 0 Å². The van der Waals surface area contributed by atoms with Crippen LogP contribution >= 0.6 is 0 Å². The number of hydrogen-bond acceptors (Lipinski definition) is 2. The largest absolute Gasteiger partial charge is 0.478 e. The molecule has 170 valence electrons. The zero-order valence-electron chi connectivity index (χ0n) is 18.9. The maximum Gasteiger partial charge on any atom is 0.331 e. The van der Waals surface area contributed by atoms with E-state index in [0.29, 0.717) is 16.8 Å². The first-order valence-electron chi connectivity index (χ1n) is 11.5. The van der Waals surface area contributed by atoms with Gasteiger partial charge < -0.3 is 5.11 Å². The molecule has 0 aliphatic heterocycles. The molecule has 3 aromatic carbocycles. The molecule has 1 fully saturated rings. The molecule has 0 atom stereocenters. The maximum atomic E-state index is 14.4. The average Bonchev–Trinajstić information content (AvgIpc) is 3.19. The first-order valence-corrected chi connectivity index (χ1v) is 11.5. The van der Waals surface area contributed by atoms with Crippen molar-refractivity contribution in [3.63, 3.8) is 0 Å². The molecule has 0 bridgehead atoms. The van der Waals surface area contributed by atoms with Gasteiger partial charge in [-0.1, -0.05) is 67.1 Å². The number of aromatic amines is 1. The molecule has 4 aromatic rings. The lowest BCUT2D eigenvalue weighted by molar-refractivity contribution is -0.132. The number of allylic oxidation sites excluding steroid dienone is 1. The Kier molecular flexibility index (Phi) is 5.84. The van der Waals surface area contributed by atoms with Gasteiger partial charge in [-0.05, 0) is 77.3 Å². The molecule has 5 rings (SSSR count). The van der Waals surface area contributed by atoms with Gasteiger partial charge in [0.25, 0.3) is 0 Å². The summed E-state index contributed by atoms with van der Waals surface area (Å²) in [6, 6.07) is 24.0. The quantitative estimate of drug-likeness (QED) is 0.246. The highest BCUT2D eigenvalue weighted by atomic mass is 19.1. The number of H-pyrrole nitrogens is 1. The van der Waals surface area contributed by atoms with Gasteiger partial charge in [-0.15, -0.1) is 0 Å². The molecule has 2 N–H and O–H groups in total. The van der Waals surface area contributed by atoms with E-state index in [0.717, 1.165) is 35.1 Å². The van der Waals surface area contributed by atoms with Gasteiger partial charge in [0.1, 0.15) is 0 Å². The minimum absolute atomic E-state index is 0.281. The summed E-state index contributed by atoms with van der Waals surface area (Å²) in [4.78, 5) is 11.2. The van der Waals surface area contributed by atoms with Gasteiger partial charge in [0.05, 0.1) is 10.9 Å². The third kappa shape index (κ3) is 4.17.